The third-order valence-corrected chi connectivity index (χ3v) is 9.58. The molecule has 0 bridgehead atoms. The van der Waals surface area contributed by atoms with Crippen molar-refractivity contribution in [2.75, 3.05) is 25.7 Å². The van der Waals surface area contributed by atoms with Gasteiger partial charge in [0.25, 0.3) is 0 Å². The second-order valence-corrected chi connectivity index (χ2v) is 11.4. The normalized spacial score (nSPS) is 15.5. The Labute approximate surface area is 206 Å². The molecule has 0 aliphatic heterocycles. The van der Waals surface area contributed by atoms with Gasteiger partial charge in [-0.25, -0.2) is 4.31 Å². The monoisotopic (exact) mass is 496 g/mol. The van der Waals surface area contributed by atoms with Gasteiger partial charge >= 0.3 is 0 Å². The van der Waals surface area contributed by atoms with E-state index in [0.717, 1.165) is 24.3 Å². The molecule has 0 aromatic heterocycles. The van der Waals surface area contributed by atoms with Crippen molar-refractivity contribution >= 4 is 35.7 Å². The van der Waals surface area contributed by atoms with Crippen LogP contribution in [-0.2, 0) is 4.84 Å². The second-order valence-electron chi connectivity index (χ2n) is 7.67. The molecule has 178 valence electrons. The highest BCUT2D eigenvalue weighted by atomic mass is 32.2. The summed E-state index contributed by atoms with van der Waals surface area (Å²) in [6.07, 6.45) is 1.78. The Kier molecular flexibility index (Phi) is 11.1. The summed E-state index contributed by atoms with van der Waals surface area (Å²) >= 11 is 5.37. The van der Waals surface area contributed by atoms with Crippen LogP contribution in [0.5, 0.6) is 11.5 Å². The quantitative estimate of drug-likeness (QED) is 0.0995. The molecule has 8 heteroatoms. The average Bonchev–Trinajstić information content (AvgIpc) is 2.80. The fourth-order valence-electron chi connectivity index (χ4n) is 2.92. The molecule has 32 heavy (non-hydrogen) atoms. The summed E-state index contributed by atoms with van der Waals surface area (Å²) in [7, 11) is 3.85. The van der Waals surface area contributed by atoms with E-state index in [1.54, 1.807) is 43.3 Å². The molecule has 2 unspecified atom stereocenters. The van der Waals surface area contributed by atoms with Gasteiger partial charge in [-0.15, -0.1) is 11.8 Å². The maximum atomic E-state index is 9.51. The Bertz CT molecular complexity index is 797. The molecule has 2 aromatic rings. The van der Waals surface area contributed by atoms with Gasteiger partial charge in [0, 0.05) is 22.8 Å². The Morgan fingerprint density at radius 1 is 0.906 bits per heavy atom. The molecule has 2 rings (SSSR count). The lowest BCUT2D eigenvalue weighted by Crippen LogP contribution is -2.46. The standard InChI is InChI=1S/C24H36N2O3S3/c1-7-23(3,29-21-16-14-20(27)15-17-21)26(28-6)31-19-18-30-25(5)24(4,8-2)32-22-12-10-9-11-13-22/h9-17,27H,7-8,18-19H2,1-6H3. The van der Waals surface area contributed by atoms with E-state index >= 15 is 0 Å². The number of aromatic hydroxyl groups is 1. The number of nitrogens with zero attached hydrogens (tertiary/aromatic N) is 2. The number of ether oxygens (including phenoxy) is 1. The van der Waals surface area contributed by atoms with E-state index in [9.17, 15) is 5.11 Å². The van der Waals surface area contributed by atoms with Gasteiger partial charge in [-0.3, -0.25) is 4.84 Å². The molecular weight excluding hydrogens is 460 g/mol. The van der Waals surface area contributed by atoms with E-state index in [-0.39, 0.29) is 10.6 Å². The molecule has 0 fully saturated rings. The molecule has 1 N–H and O–H groups in total. The van der Waals surface area contributed by atoms with Crippen molar-refractivity contribution in [2.45, 2.75) is 56.0 Å². The average molecular weight is 497 g/mol. The first-order valence-electron chi connectivity index (χ1n) is 10.8. The minimum Gasteiger partial charge on any atom is -0.508 e. The van der Waals surface area contributed by atoms with Crippen molar-refractivity contribution in [3.63, 3.8) is 0 Å². The van der Waals surface area contributed by atoms with Crippen LogP contribution in [0, 0.1) is 0 Å². The van der Waals surface area contributed by atoms with Crippen molar-refractivity contribution < 1.29 is 14.7 Å². The summed E-state index contributed by atoms with van der Waals surface area (Å²) in [6, 6.07) is 17.4. The van der Waals surface area contributed by atoms with Crippen LogP contribution in [0.15, 0.2) is 59.5 Å². The lowest BCUT2D eigenvalue weighted by atomic mass is 10.2. The van der Waals surface area contributed by atoms with E-state index in [1.165, 1.54) is 4.90 Å². The Morgan fingerprint density at radius 3 is 2.09 bits per heavy atom. The van der Waals surface area contributed by atoms with E-state index in [2.05, 4.69) is 62.5 Å². The van der Waals surface area contributed by atoms with Crippen molar-refractivity contribution in [1.82, 2.24) is 8.77 Å². The minimum atomic E-state index is -0.631. The molecule has 5 nitrogen and oxygen atoms in total. The summed E-state index contributed by atoms with van der Waals surface area (Å²) in [4.78, 5) is 6.97. The van der Waals surface area contributed by atoms with Crippen LogP contribution in [0.2, 0.25) is 0 Å². The highest BCUT2D eigenvalue weighted by Crippen LogP contribution is 2.41. The van der Waals surface area contributed by atoms with Gasteiger partial charge in [0.15, 0.2) is 5.72 Å². The molecule has 0 aliphatic carbocycles. The predicted molar refractivity (Wildman–Crippen MR) is 140 cm³/mol. The van der Waals surface area contributed by atoms with Crippen molar-refractivity contribution in [3.8, 4) is 11.5 Å². The molecule has 2 aromatic carbocycles. The van der Waals surface area contributed by atoms with Crippen LogP contribution in [0.4, 0.5) is 0 Å². The molecular formula is C24H36N2O3S3. The van der Waals surface area contributed by atoms with Crippen LogP contribution in [0.3, 0.4) is 0 Å². The zero-order valence-corrected chi connectivity index (χ0v) is 22.4. The molecule has 0 aliphatic rings. The molecule has 0 saturated heterocycles. The second kappa shape index (κ2) is 13.0. The summed E-state index contributed by atoms with van der Waals surface area (Å²) in [5.74, 6) is 2.75. The van der Waals surface area contributed by atoms with Gasteiger partial charge in [0.05, 0.1) is 12.0 Å². The van der Waals surface area contributed by atoms with Crippen LogP contribution < -0.4 is 4.74 Å². The van der Waals surface area contributed by atoms with Crippen LogP contribution in [0.25, 0.3) is 0 Å². The Balaban J connectivity index is 1.89. The zero-order valence-electron chi connectivity index (χ0n) is 19.9. The fourth-order valence-corrected chi connectivity index (χ4v) is 6.25. The summed E-state index contributed by atoms with van der Waals surface area (Å²) in [5, 5.41) is 9.51. The van der Waals surface area contributed by atoms with Gasteiger partial charge < -0.3 is 9.84 Å². The van der Waals surface area contributed by atoms with Gasteiger partial charge in [-0.1, -0.05) is 48.5 Å². The van der Waals surface area contributed by atoms with Gasteiger partial charge in [-0.05, 0) is 75.7 Å². The van der Waals surface area contributed by atoms with E-state index in [4.69, 9.17) is 9.57 Å². The number of phenolic OH excluding ortho intramolecular Hbond substituents is 1. The largest absolute Gasteiger partial charge is 0.508 e. The molecule has 0 spiro atoms. The first-order valence-corrected chi connectivity index (χ1v) is 13.5. The molecule has 0 heterocycles. The number of rotatable bonds is 14. The molecule has 0 saturated carbocycles. The van der Waals surface area contributed by atoms with Crippen LogP contribution in [-0.4, -0.2) is 50.1 Å². The number of thioether (sulfide) groups is 1. The van der Waals surface area contributed by atoms with Crippen LogP contribution in [0.1, 0.15) is 40.5 Å². The van der Waals surface area contributed by atoms with E-state index < -0.39 is 5.72 Å². The lowest BCUT2D eigenvalue weighted by molar-refractivity contribution is -0.190. The highest BCUT2D eigenvalue weighted by molar-refractivity contribution is 8.03. The molecule has 0 radical (unpaired) electrons. The van der Waals surface area contributed by atoms with E-state index in [0.29, 0.717) is 5.75 Å². The first kappa shape index (κ1) is 27.2. The van der Waals surface area contributed by atoms with Crippen LogP contribution >= 0.6 is 35.7 Å². The maximum Gasteiger partial charge on any atom is 0.192 e. The zero-order chi connectivity index (χ0) is 23.6. The third kappa shape index (κ3) is 7.78. The number of phenols is 1. The van der Waals surface area contributed by atoms with Gasteiger partial charge in [0.1, 0.15) is 11.5 Å². The number of hydrogen-bond donors (Lipinski definition) is 1. The number of hydrogen-bond acceptors (Lipinski definition) is 8. The first-order chi connectivity index (χ1) is 15.3. The Hall–Kier alpha value is -1.03. The topological polar surface area (TPSA) is 45.2 Å². The Morgan fingerprint density at radius 2 is 1.53 bits per heavy atom. The summed E-state index contributed by atoms with van der Waals surface area (Å²) < 4.78 is 10.4. The maximum absolute atomic E-state index is 9.51. The van der Waals surface area contributed by atoms with Crippen molar-refractivity contribution in [3.05, 3.63) is 54.6 Å². The summed E-state index contributed by atoms with van der Waals surface area (Å²) in [5.41, 5.74) is -0.631. The van der Waals surface area contributed by atoms with Crippen molar-refractivity contribution in [2.24, 2.45) is 0 Å². The highest BCUT2D eigenvalue weighted by Gasteiger charge is 2.34. The minimum absolute atomic E-state index is 0.0115. The SMILES string of the molecule is CCC(C)(Oc1ccc(O)cc1)N(OC)SCCSN(C)C(C)(CC)Sc1ccccc1. The molecule has 2 atom stereocenters. The van der Waals surface area contributed by atoms with E-state index in [1.807, 2.05) is 35.1 Å². The summed E-state index contributed by atoms with van der Waals surface area (Å²) in [6.45, 7) is 8.62. The number of hydroxylamine groups is 1. The van der Waals surface area contributed by atoms with Gasteiger partial charge in [0.2, 0.25) is 0 Å². The smallest absolute Gasteiger partial charge is 0.192 e. The fraction of sp³-hybridized carbons (Fsp3) is 0.500. The van der Waals surface area contributed by atoms with Gasteiger partial charge in [-0.2, -0.15) is 0 Å². The molecule has 0 amide bonds. The third-order valence-electron chi connectivity index (χ3n) is 5.36. The number of benzene rings is 2. The van der Waals surface area contributed by atoms with Crippen molar-refractivity contribution in [1.29, 1.82) is 0 Å². The predicted octanol–water partition coefficient (Wildman–Crippen LogP) is 6.91. The lowest BCUT2D eigenvalue weighted by Gasteiger charge is -2.38.